The predicted molar refractivity (Wildman–Crippen MR) is 81.5 cm³/mol. The molecule has 3 rings (SSSR count). The van der Waals surface area contributed by atoms with E-state index in [2.05, 4.69) is 34.2 Å². The van der Waals surface area contributed by atoms with E-state index in [0.717, 1.165) is 12.3 Å². The molecule has 0 N–H and O–H groups in total. The number of hydrogen-bond acceptors (Lipinski definition) is 2. The van der Waals surface area contributed by atoms with Crippen LogP contribution in [0.2, 0.25) is 0 Å². The standard InChI is InChI=1S/C18H22N2/c1-2-8-15(9-3-1)17(18-11-5-7-13-20-18)14-16-10-4-6-12-19-16/h4-7,10-13,15,17H,1-3,8-9,14H2. The Labute approximate surface area is 121 Å². The molecule has 0 aromatic carbocycles. The normalized spacial score (nSPS) is 17.8. The lowest BCUT2D eigenvalue weighted by Crippen LogP contribution is -2.19. The van der Waals surface area contributed by atoms with Gasteiger partial charge in [0.05, 0.1) is 0 Å². The van der Waals surface area contributed by atoms with E-state index < -0.39 is 0 Å². The van der Waals surface area contributed by atoms with E-state index >= 15 is 0 Å². The van der Waals surface area contributed by atoms with E-state index in [4.69, 9.17) is 0 Å². The van der Waals surface area contributed by atoms with E-state index in [0.29, 0.717) is 5.92 Å². The molecule has 0 bridgehead atoms. The Bertz CT molecular complexity index is 503. The van der Waals surface area contributed by atoms with Gasteiger partial charge in [0.25, 0.3) is 0 Å². The number of pyridine rings is 2. The van der Waals surface area contributed by atoms with Crippen LogP contribution in [0.15, 0.2) is 48.8 Å². The molecule has 1 fully saturated rings. The van der Waals surface area contributed by atoms with Gasteiger partial charge in [-0.15, -0.1) is 0 Å². The molecule has 2 aromatic rings. The summed E-state index contributed by atoms with van der Waals surface area (Å²) in [6.07, 6.45) is 11.7. The lowest BCUT2D eigenvalue weighted by Gasteiger charge is -2.29. The van der Waals surface area contributed by atoms with E-state index in [-0.39, 0.29) is 0 Å². The first-order valence-electron chi connectivity index (χ1n) is 7.74. The minimum atomic E-state index is 0.520. The van der Waals surface area contributed by atoms with Crippen molar-refractivity contribution < 1.29 is 0 Å². The fourth-order valence-electron chi connectivity index (χ4n) is 3.39. The average Bonchev–Trinajstić information content (AvgIpc) is 2.55. The van der Waals surface area contributed by atoms with Crippen molar-refractivity contribution in [2.45, 2.75) is 44.4 Å². The van der Waals surface area contributed by atoms with Gasteiger partial charge < -0.3 is 0 Å². The second kappa shape index (κ2) is 6.65. The van der Waals surface area contributed by atoms with Crippen LogP contribution in [0.4, 0.5) is 0 Å². The highest BCUT2D eigenvalue weighted by Crippen LogP contribution is 2.37. The van der Waals surface area contributed by atoms with Crippen LogP contribution in [0.1, 0.15) is 49.4 Å². The zero-order valence-electron chi connectivity index (χ0n) is 11.9. The number of hydrogen-bond donors (Lipinski definition) is 0. The number of rotatable bonds is 4. The molecule has 20 heavy (non-hydrogen) atoms. The largest absolute Gasteiger partial charge is 0.261 e. The van der Waals surface area contributed by atoms with Gasteiger partial charge in [0.15, 0.2) is 0 Å². The molecular weight excluding hydrogens is 244 g/mol. The molecule has 2 heteroatoms. The summed E-state index contributed by atoms with van der Waals surface area (Å²) in [5.41, 5.74) is 2.43. The van der Waals surface area contributed by atoms with Crippen LogP contribution in [-0.4, -0.2) is 9.97 Å². The Kier molecular flexibility index (Phi) is 4.42. The molecule has 1 aliphatic rings. The Balaban J connectivity index is 1.83. The zero-order chi connectivity index (χ0) is 13.6. The van der Waals surface area contributed by atoms with Crippen LogP contribution in [0.5, 0.6) is 0 Å². The van der Waals surface area contributed by atoms with Crippen molar-refractivity contribution in [2.24, 2.45) is 5.92 Å². The first kappa shape index (κ1) is 13.3. The Morgan fingerprint density at radius 3 is 2.30 bits per heavy atom. The quantitative estimate of drug-likeness (QED) is 0.820. The summed E-state index contributed by atoms with van der Waals surface area (Å²) in [7, 11) is 0. The SMILES string of the molecule is c1ccc(CC(c2ccccn2)C2CCCCC2)nc1. The van der Waals surface area contributed by atoms with Gasteiger partial charge in [-0.05, 0) is 49.4 Å². The molecular formula is C18H22N2. The smallest absolute Gasteiger partial charge is 0.0441 e. The molecule has 1 unspecified atom stereocenters. The van der Waals surface area contributed by atoms with Gasteiger partial charge in [-0.2, -0.15) is 0 Å². The van der Waals surface area contributed by atoms with Crippen LogP contribution < -0.4 is 0 Å². The van der Waals surface area contributed by atoms with Crippen molar-refractivity contribution in [2.75, 3.05) is 0 Å². The highest BCUT2D eigenvalue weighted by molar-refractivity contribution is 5.16. The summed E-state index contributed by atoms with van der Waals surface area (Å²) in [6.45, 7) is 0. The third-order valence-electron chi connectivity index (χ3n) is 4.44. The highest BCUT2D eigenvalue weighted by Gasteiger charge is 2.26. The summed E-state index contributed by atoms with van der Waals surface area (Å²) in [4.78, 5) is 9.13. The molecule has 0 aliphatic heterocycles. The fraction of sp³-hybridized carbons (Fsp3) is 0.444. The molecule has 1 atom stereocenters. The molecule has 1 aliphatic carbocycles. The first-order valence-corrected chi connectivity index (χ1v) is 7.74. The lowest BCUT2D eigenvalue weighted by molar-refractivity contribution is 0.298. The molecule has 2 aromatic heterocycles. The van der Waals surface area contributed by atoms with Gasteiger partial charge >= 0.3 is 0 Å². The number of aromatic nitrogens is 2. The monoisotopic (exact) mass is 266 g/mol. The molecule has 2 nitrogen and oxygen atoms in total. The highest BCUT2D eigenvalue weighted by atomic mass is 14.7. The van der Waals surface area contributed by atoms with Crippen LogP contribution in [0.25, 0.3) is 0 Å². The van der Waals surface area contributed by atoms with Crippen molar-refractivity contribution in [1.29, 1.82) is 0 Å². The Morgan fingerprint density at radius 2 is 1.65 bits per heavy atom. The predicted octanol–water partition coefficient (Wildman–Crippen LogP) is 4.38. The minimum Gasteiger partial charge on any atom is -0.261 e. The van der Waals surface area contributed by atoms with E-state index in [1.807, 2.05) is 24.5 Å². The third kappa shape index (κ3) is 3.24. The molecule has 2 heterocycles. The molecule has 0 radical (unpaired) electrons. The average molecular weight is 266 g/mol. The van der Waals surface area contributed by atoms with Crippen molar-refractivity contribution in [3.8, 4) is 0 Å². The zero-order valence-corrected chi connectivity index (χ0v) is 11.9. The van der Waals surface area contributed by atoms with Gasteiger partial charge in [0.1, 0.15) is 0 Å². The third-order valence-corrected chi connectivity index (χ3v) is 4.44. The van der Waals surface area contributed by atoms with Gasteiger partial charge in [0.2, 0.25) is 0 Å². The first-order chi connectivity index (χ1) is 9.93. The second-order valence-corrected chi connectivity index (χ2v) is 5.78. The van der Waals surface area contributed by atoms with Crippen molar-refractivity contribution in [3.63, 3.8) is 0 Å². The lowest BCUT2D eigenvalue weighted by atomic mass is 9.76. The maximum atomic E-state index is 4.62. The molecule has 0 spiro atoms. The van der Waals surface area contributed by atoms with Gasteiger partial charge in [-0.3, -0.25) is 9.97 Å². The summed E-state index contributed by atoms with van der Waals surface area (Å²) in [5.74, 6) is 1.28. The fourth-order valence-corrected chi connectivity index (χ4v) is 3.39. The minimum absolute atomic E-state index is 0.520. The van der Waals surface area contributed by atoms with Crippen LogP contribution >= 0.6 is 0 Å². The molecule has 1 saturated carbocycles. The Hall–Kier alpha value is -1.70. The van der Waals surface area contributed by atoms with Crippen molar-refractivity contribution >= 4 is 0 Å². The van der Waals surface area contributed by atoms with Gasteiger partial charge in [-0.25, -0.2) is 0 Å². The van der Waals surface area contributed by atoms with E-state index in [1.165, 1.54) is 43.5 Å². The van der Waals surface area contributed by atoms with Gasteiger partial charge in [-0.1, -0.05) is 31.4 Å². The van der Waals surface area contributed by atoms with Crippen LogP contribution in [0.3, 0.4) is 0 Å². The summed E-state index contributed by atoms with van der Waals surface area (Å²) < 4.78 is 0. The second-order valence-electron chi connectivity index (χ2n) is 5.78. The maximum absolute atomic E-state index is 4.62. The molecule has 0 amide bonds. The van der Waals surface area contributed by atoms with E-state index in [1.54, 1.807) is 0 Å². The van der Waals surface area contributed by atoms with Crippen LogP contribution in [0, 0.1) is 5.92 Å². The topological polar surface area (TPSA) is 25.8 Å². The Morgan fingerprint density at radius 1 is 0.900 bits per heavy atom. The molecule has 104 valence electrons. The van der Waals surface area contributed by atoms with Crippen molar-refractivity contribution in [3.05, 3.63) is 60.2 Å². The van der Waals surface area contributed by atoms with E-state index in [9.17, 15) is 0 Å². The summed E-state index contributed by atoms with van der Waals surface area (Å²) in [6, 6.07) is 12.5. The summed E-state index contributed by atoms with van der Waals surface area (Å²) in [5, 5.41) is 0. The number of nitrogens with zero attached hydrogens (tertiary/aromatic N) is 2. The van der Waals surface area contributed by atoms with Gasteiger partial charge in [0, 0.05) is 29.7 Å². The van der Waals surface area contributed by atoms with Crippen molar-refractivity contribution in [1.82, 2.24) is 9.97 Å². The summed E-state index contributed by atoms with van der Waals surface area (Å²) >= 11 is 0. The van der Waals surface area contributed by atoms with Crippen LogP contribution in [-0.2, 0) is 6.42 Å². The maximum Gasteiger partial charge on any atom is 0.0441 e. The molecule has 0 saturated heterocycles.